The molecule has 0 bridgehead atoms. The third kappa shape index (κ3) is 1.66. The van der Waals surface area contributed by atoms with Gasteiger partial charge >= 0.3 is 0 Å². The summed E-state index contributed by atoms with van der Waals surface area (Å²) in [5, 5.41) is 0. The zero-order valence-electron chi connectivity index (χ0n) is 9.11. The van der Waals surface area contributed by atoms with Gasteiger partial charge in [0.15, 0.2) is 5.58 Å². The molecule has 1 unspecified atom stereocenters. The average Bonchev–Trinajstić information content (AvgIpc) is 2.82. The van der Waals surface area contributed by atoms with Gasteiger partial charge in [-0.3, -0.25) is 9.88 Å². The summed E-state index contributed by atoms with van der Waals surface area (Å²) in [5.74, 6) is 1.04. The zero-order valence-corrected chi connectivity index (χ0v) is 10.7. The number of likely N-dealkylation sites (tertiary alicyclic amines) is 1. The number of nitrogens with zero attached hydrogens (tertiary/aromatic N) is 2. The molecule has 0 amide bonds. The van der Waals surface area contributed by atoms with E-state index < -0.39 is 0 Å². The largest absolute Gasteiger partial charge is 0.458 e. The molecule has 0 N–H and O–H groups in total. The van der Waals surface area contributed by atoms with Gasteiger partial charge in [-0.15, -0.1) is 0 Å². The molecule has 0 saturated carbocycles. The topological polar surface area (TPSA) is 29.3 Å². The molecule has 3 heterocycles. The molecule has 2 aromatic rings. The van der Waals surface area contributed by atoms with Crippen LogP contribution in [0, 0.1) is 0 Å². The van der Waals surface area contributed by atoms with Crippen molar-refractivity contribution >= 4 is 27.0 Å². The van der Waals surface area contributed by atoms with Gasteiger partial charge in [0.25, 0.3) is 0 Å². The van der Waals surface area contributed by atoms with Gasteiger partial charge in [-0.25, -0.2) is 0 Å². The van der Waals surface area contributed by atoms with Gasteiger partial charge in [-0.1, -0.05) is 0 Å². The van der Waals surface area contributed by atoms with Crippen molar-refractivity contribution in [3.05, 3.63) is 28.6 Å². The van der Waals surface area contributed by atoms with Crippen molar-refractivity contribution in [2.45, 2.75) is 18.9 Å². The third-order valence-corrected chi connectivity index (χ3v) is 3.64. The number of fused-ring (bicyclic) bond motifs is 1. The molecule has 0 aromatic carbocycles. The van der Waals surface area contributed by atoms with Crippen molar-refractivity contribution in [3.63, 3.8) is 0 Å². The predicted octanol–water partition coefficient (Wildman–Crippen LogP) is 3.36. The van der Waals surface area contributed by atoms with Crippen LogP contribution in [-0.2, 0) is 0 Å². The molecule has 84 valence electrons. The minimum Gasteiger partial charge on any atom is -0.458 e. The second-order valence-corrected chi connectivity index (χ2v) is 5.24. The van der Waals surface area contributed by atoms with E-state index in [0.717, 1.165) is 27.9 Å². The van der Waals surface area contributed by atoms with Crippen molar-refractivity contribution in [1.82, 2.24) is 9.88 Å². The lowest BCUT2D eigenvalue weighted by atomic mass is 10.2. The molecule has 0 aliphatic carbocycles. The third-order valence-electron chi connectivity index (χ3n) is 3.20. The second-order valence-electron chi connectivity index (χ2n) is 4.32. The number of halogens is 1. The van der Waals surface area contributed by atoms with Crippen molar-refractivity contribution in [2.75, 3.05) is 13.6 Å². The lowest BCUT2D eigenvalue weighted by Gasteiger charge is -2.16. The van der Waals surface area contributed by atoms with Gasteiger partial charge in [-0.05, 0) is 48.4 Å². The maximum Gasteiger partial charge on any atom is 0.153 e. The van der Waals surface area contributed by atoms with E-state index in [2.05, 4.69) is 38.9 Å². The number of aromatic nitrogens is 1. The fourth-order valence-corrected chi connectivity index (χ4v) is 2.66. The summed E-state index contributed by atoms with van der Waals surface area (Å²) in [6.45, 7) is 1.15. The Bertz CT molecular complexity index is 523. The molecule has 4 heteroatoms. The van der Waals surface area contributed by atoms with Crippen LogP contribution in [-0.4, -0.2) is 23.5 Å². The number of pyridine rings is 1. The van der Waals surface area contributed by atoms with E-state index in [-0.39, 0.29) is 0 Å². The highest BCUT2D eigenvalue weighted by molar-refractivity contribution is 9.10. The van der Waals surface area contributed by atoms with Crippen LogP contribution in [0.3, 0.4) is 0 Å². The first kappa shape index (κ1) is 10.3. The quantitative estimate of drug-likeness (QED) is 0.802. The Balaban J connectivity index is 2.04. The normalized spacial score (nSPS) is 22.0. The molecule has 1 aliphatic rings. The van der Waals surface area contributed by atoms with E-state index in [1.54, 1.807) is 6.20 Å². The molecular weight excluding hydrogens is 268 g/mol. The molecule has 1 fully saturated rings. The van der Waals surface area contributed by atoms with Crippen LogP contribution in [0.15, 0.2) is 27.2 Å². The maximum atomic E-state index is 5.87. The van der Waals surface area contributed by atoms with Gasteiger partial charge in [-0.2, -0.15) is 0 Å². The van der Waals surface area contributed by atoms with Crippen LogP contribution < -0.4 is 0 Å². The minimum absolute atomic E-state index is 0.424. The standard InChI is InChI=1S/C12H13BrN2O/c1-15-4-2-3-10(15)12-6-9-11(16-12)5-8(13)7-14-9/h5-7,10H,2-4H2,1H3. The van der Waals surface area contributed by atoms with Gasteiger partial charge in [0.2, 0.25) is 0 Å². The van der Waals surface area contributed by atoms with Gasteiger partial charge in [0.1, 0.15) is 11.3 Å². The van der Waals surface area contributed by atoms with Crippen molar-refractivity contribution in [2.24, 2.45) is 0 Å². The lowest BCUT2D eigenvalue weighted by Crippen LogP contribution is -2.16. The minimum atomic E-state index is 0.424. The zero-order chi connectivity index (χ0) is 11.1. The summed E-state index contributed by atoms with van der Waals surface area (Å²) in [7, 11) is 2.15. The Morgan fingerprint density at radius 3 is 3.12 bits per heavy atom. The lowest BCUT2D eigenvalue weighted by molar-refractivity contribution is 0.281. The number of furan rings is 1. The first-order valence-corrected chi connectivity index (χ1v) is 6.28. The summed E-state index contributed by atoms with van der Waals surface area (Å²) in [5.41, 5.74) is 1.81. The second kappa shape index (κ2) is 3.86. The molecule has 0 radical (unpaired) electrons. The van der Waals surface area contributed by atoms with E-state index in [9.17, 15) is 0 Å². The molecule has 16 heavy (non-hydrogen) atoms. The Labute approximate surface area is 103 Å². The molecule has 3 rings (SSSR count). The first-order chi connectivity index (χ1) is 7.74. The van der Waals surface area contributed by atoms with Crippen molar-refractivity contribution < 1.29 is 4.42 Å². The van der Waals surface area contributed by atoms with Gasteiger partial charge < -0.3 is 4.42 Å². The Morgan fingerprint density at radius 1 is 1.50 bits per heavy atom. The predicted molar refractivity (Wildman–Crippen MR) is 66.3 cm³/mol. The molecular formula is C12H13BrN2O. The summed E-state index contributed by atoms with van der Waals surface area (Å²) < 4.78 is 6.83. The Hall–Kier alpha value is -0.870. The molecule has 0 spiro atoms. The highest BCUT2D eigenvalue weighted by atomic mass is 79.9. The smallest absolute Gasteiger partial charge is 0.153 e. The van der Waals surface area contributed by atoms with E-state index in [1.807, 2.05) is 6.07 Å². The number of hydrogen-bond donors (Lipinski definition) is 0. The summed E-state index contributed by atoms with van der Waals surface area (Å²) in [6, 6.07) is 4.46. The van der Waals surface area contributed by atoms with Crippen LogP contribution in [0.1, 0.15) is 24.6 Å². The Kier molecular flexibility index (Phi) is 2.48. The Morgan fingerprint density at radius 2 is 2.38 bits per heavy atom. The van der Waals surface area contributed by atoms with Crippen LogP contribution in [0.25, 0.3) is 11.1 Å². The molecule has 3 nitrogen and oxygen atoms in total. The first-order valence-electron chi connectivity index (χ1n) is 5.49. The number of hydrogen-bond acceptors (Lipinski definition) is 3. The van der Waals surface area contributed by atoms with Crippen LogP contribution in [0.5, 0.6) is 0 Å². The average molecular weight is 281 g/mol. The summed E-state index contributed by atoms with van der Waals surface area (Å²) in [4.78, 5) is 6.68. The highest BCUT2D eigenvalue weighted by Crippen LogP contribution is 2.33. The fraction of sp³-hybridized carbons (Fsp3) is 0.417. The van der Waals surface area contributed by atoms with Crippen LogP contribution in [0.2, 0.25) is 0 Å². The van der Waals surface area contributed by atoms with Crippen LogP contribution >= 0.6 is 15.9 Å². The van der Waals surface area contributed by atoms with Crippen LogP contribution in [0.4, 0.5) is 0 Å². The summed E-state index contributed by atoms with van der Waals surface area (Å²) >= 11 is 3.40. The number of rotatable bonds is 1. The fourth-order valence-electron chi connectivity index (χ4n) is 2.35. The van der Waals surface area contributed by atoms with Crippen molar-refractivity contribution in [1.29, 1.82) is 0 Å². The maximum absolute atomic E-state index is 5.87. The van der Waals surface area contributed by atoms with E-state index >= 15 is 0 Å². The monoisotopic (exact) mass is 280 g/mol. The highest BCUT2D eigenvalue weighted by Gasteiger charge is 2.25. The van der Waals surface area contributed by atoms with Gasteiger partial charge in [0, 0.05) is 16.7 Å². The van der Waals surface area contributed by atoms with Gasteiger partial charge in [0.05, 0.1) is 6.04 Å². The van der Waals surface area contributed by atoms with E-state index in [0.29, 0.717) is 6.04 Å². The molecule has 2 aromatic heterocycles. The van der Waals surface area contributed by atoms with Crippen molar-refractivity contribution in [3.8, 4) is 0 Å². The summed E-state index contributed by atoms with van der Waals surface area (Å²) in [6.07, 6.45) is 4.23. The molecule has 1 aliphatic heterocycles. The molecule has 1 atom stereocenters. The molecule has 1 saturated heterocycles. The SMILES string of the molecule is CN1CCCC1c1cc2ncc(Br)cc2o1. The van der Waals surface area contributed by atoms with E-state index in [4.69, 9.17) is 4.42 Å². The van der Waals surface area contributed by atoms with E-state index in [1.165, 1.54) is 12.8 Å².